The number of thioether (sulfide) groups is 1. The zero-order chi connectivity index (χ0) is 21.3. The second-order valence-electron chi connectivity index (χ2n) is 7.87. The highest BCUT2D eigenvalue weighted by atomic mass is 32.2. The van der Waals surface area contributed by atoms with E-state index in [9.17, 15) is 9.59 Å². The number of carbonyl (C=O) groups is 2. The zero-order valence-electron chi connectivity index (χ0n) is 17.7. The fourth-order valence-corrected chi connectivity index (χ4v) is 5.57. The van der Waals surface area contributed by atoms with Crippen LogP contribution in [0.2, 0.25) is 0 Å². The Morgan fingerprint density at radius 2 is 2.07 bits per heavy atom. The quantitative estimate of drug-likeness (QED) is 0.654. The van der Waals surface area contributed by atoms with Crippen molar-refractivity contribution in [3.63, 3.8) is 0 Å². The molecule has 1 saturated heterocycles. The first kappa shape index (κ1) is 21.1. The monoisotopic (exact) mass is 428 g/mol. The van der Waals surface area contributed by atoms with Crippen LogP contribution >= 0.6 is 11.8 Å². The Labute approximate surface area is 181 Å². The predicted molar refractivity (Wildman–Crippen MR) is 115 cm³/mol. The van der Waals surface area contributed by atoms with Crippen LogP contribution in [0.1, 0.15) is 54.5 Å². The van der Waals surface area contributed by atoms with Crippen molar-refractivity contribution in [2.24, 2.45) is 5.92 Å². The Morgan fingerprint density at radius 1 is 1.30 bits per heavy atom. The van der Waals surface area contributed by atoms with E-state index >= 15 is 0 Å². The number of aromatic nitrogens is 3. The van der Waals surface area contributed by atoms with E-state index in [2.05, 4.69) is 40.1 Å². The Morgan fingerprint density at radius 3 is 2.70 bits per heavy atom. The number of likely N-dealkylation sites (tertiary alicyclic amines) is 1. The van der Waals surface area contributed by atoms with Gasteiger partial charge in [0, 0.05) is 6.42 Å². The summed E-state index contributed by atoms with van der Waals surface area (Å²) in [5.74, 6) is 0.524. The first-order valence-corrected chi connectivity index (χ1v) is 11.5. The fourth-order valence-electron chi connectivity index (χ4n) is 4.30. The van der Waals surface area contributed by atoms with E-state index in [1.54, 1.807) is 0 Å². The van der Waals surface area contributed by atoms with Gasteiger partial charge in [-0.2, -0.15) is 4.68 Å². The second kappa shape index (κ2) is 8.89. The molecule has 8 heteroatoms. The lowest BCUT2D eigenvalue weighted by Crippen LogP contribution is -2.44. The van der Waals surface area contributed by atoms with Gasteiger partial charge in [0.05, 0.1) is 18.6 Å². The predicted octanol–water partition coefficient (Wildman–Crippen LogP) is 3.28. The van der Waals surface area contributed by atoms with E-state index in [4.69, 9.17) is 4.74 Å². The minimum Gasteiger partial charge on any atom is -0.466 e. The molecule has 2 aromatic rings. The Kier molecular flexibility index (Phi) is 6.24. The molecule has 3 heterocycles. The van der Waals surface area contributed by atoms with Gasteiger partial charge in [0.25, 0.3) is 5.91 Å². The summed E-state index contributed by atoms with van der Waals surface area (Å²) in [5.41, 5.74) is 2.29. The molecule has 0 aliphatic carbocycles. The minimum atomic E-state index is -0.299. The molecule has 2 atom stereocenters. The number of hydrogen-bond acceptors (Lipinski definition) is 7. The molecule has 4 rings (SSSR count). The number of rotatable bonds is 6. The summed E-state index contributed by atoms with van der Waals surface area (Å²) in [6.45, 7) is 7.81. The van der Waals surface area contributed by atoms with Crippen molar-refractivity contribution in [3.8, 4) is 0 Å². The van der Waals surface area contributed by atoms with Crippen molar-refractivity contribution in [2.45, 2.75) is 56.5 Å². The standard InChI is InChI=1S/C22H28N4O3S/c1-4-17-23-22-26(24-17)20(27)19(30-22)18(16-8-6-7-14(3)13-16)25-11-9-15(10-12-25)21(28)29-5-2/h6-8,13,15,18-19H,4-5,9-12H2,1-3H3. The normalized spacial score (nSPS) is 20.9. The van der Waals surface area contributed by atoms with Crippen LogP contribution in [0, 0.1) is 12.8 Å². The summed E-state index contributed by atoms with van der Waals surface area (Å²) >= 11 is 1.50. The number of fused-ring (bicyclic) bond motifs is 1. The summed E-state index contributed by atoms with van der Waals surface area (Å²) in [6, 6.07) is 8.27. The molecule has 1 aromatic heterocycles. The summed E-state index contributed by atoms with van der Waals surface area (Å²) in [6.07, 6.45) is 2.20. The topological polar surface area (TPSA) is 77.3 Å². The number of piperidine rings is 1. The molecule has 2 aliphatic rings. The molecule has 0 spiro atoms. The molecule has 2 unspecified atom stereocenters. The highest BCUT2D eigenvalue weighted by Gasteiger charge is 2.44. The van der Waals surface area contributed by atoms with Crippen molar-refractivity contribution in [3.05, 3.63) is 41.2 Å². The highest BCUT2D eigenvalue weighted by Crippen LogP contribution is 2.42. The Balaban J connectivity index is 1.58. The van der Waals surface area contributed by atoms with Gasteiger partial charge in [-0.15, -0.1) is 5.10 Å². The van der Waals surface area contributed by atoms with E-state index in [0.717, 1.165) is 31.5 Å². The van der Waals surface area contributed by atoms with Crippen LogP contribution in [0.25, 0.3) is 0 Å². The van der Waals surface area contributed by atoms with Crippen LogP contribution < -0.4 is 0 Å². The summed E-state index contributed by atoms with van der Waals surface area (Å²) in [4.78, 5) is 32.3. The first-order valence-electron chi connectivity index (χ1n) is 10.7. The smallest absolute Gasteiger partial charge is 0.309 e. The van der Waals surface area contributed by atoms with Gasteiger partial charge < -0.3 is 4.74 Å². The van der Waals surface area contributed by atoms with Crippen LogP contribution in [-0.2, 0) is 16.0 Å². The molecule has 160 valence electrons. The summed E-state index contributed by atoms with van der Waals surface area (Å²) < 4.78 is 6.69. The van der Waals surface area contributed by atoms with Crippen LogP contribution in [0.3, 0.4) is 0 Å². The van der Waals surface area contributed by atoms with Gasteiger partial charge in [0.1, 0.15) is 5.25 Å². The molecule has 0 saturated carbocycles. The van der Waals surface area contributed by atoms with Crippen LogP contribution in [0.4, 0.5) is 0 Å². The van der Waals surface area contributed by atoms with E-state index in [1.165, 1.54) is 22.0 Å². The third kappa shape index (κ3) is 4.03. The van der Waals surface area contributed by atoms with E-state index in [1.807, 2.05) is 19.9 Å². The van der Waals surface area contributed by atoms with Crippen molar-refractivity contribution < 1.29 is 14.3 Å². The number of hydrogen-bond donors (Lipinski definition) is 0. The highest BCUT2D eigenvalue weighted by molar-refractivity contribution is 8.00. The maximum absolute atomic E-state index is 13.3. The first-order chi connectivity index (χ1) is 14.5. The van der Waals surface area contributed by atoms with Crippen LogP contribution in [-0.4, -0.2) is 56.5 Å². The van der Waals surface area contributed by atoms with E-state index < -0.39 is 0 Å². The van der Waals surface area contributed by atoms with Crippen molar-refractivity contribution in [1.29, 1.82) is 0 Å². The van der Waals surface area contributed by atoms with Crippen molar-refractivity contribution in [2.75, 3.05) is 19.7 Å². The molecule has 7 nitrogen and oxygen atoms in total. The summed E-state index contributed by atoms with van der Waals surface area (Å²) in [5, 5.41) is 4.77. The number of esters is 1. The number of ether oxygens (including phenoxy) is 1. The van der Waals surface area contributed by atoms with Crippen molar-refractivity contribution >= 4 is 23.6 Å². The van der Waals surface area contributed by atoms with Crippen LogP contribution in [0.15, 0.2) is 29.4 Å². The molecule has 0 bridgehead atoms. The zero-order valence-corrected chi connectivity index (χ0v) is 18.5. The van der Waals surface area contributed by atoms with Crippen molar-refractivity contribution in [1.82, 2.24) is 19.7 Å². The number of aryl methyl sites for hydroxylation is 2. The van der Waals surface area contributed by atoms with Crippen LogP contribution in [0.5, 0.6) is 0 Å². The van der Waals surface area contributed by atoms with Gasteiger partial charge >= 0.3 is 5.97 Å². The van der Waals surface area contributed by atoms with E-state index in [0.29, 0.717) is 24.0 Å². The molecule has 0 amide bonds. The molecule has 30 heavy (non-hydrogen) atoms. The lowest BCUT2D eigenvalue weighted by atomic mass is 9.92. The summed E-state index contributed by atoms with van der Waals surface area (Å²) in [7, 11) is 0. The maximum Gasteiger partial charge on any atom is 0.309 e. The Bertz CT molecular complexity index is 936. The third-order valence-corrected chi connectivity index (χ3v) is 7.02. The largest absolute Gasteiger partial charge is 0.466 e. The van der Waals surface area contributed by atoms with Gasteiger partial charge in [-0.3, -0.25) is 14.5 Å². The van der Waals surface area contributed by atoms with E-state index in [-0.39, 0.29) is 29.1 Å². The third-order valence-electron chi connectivity index (χ3n) is 5.84. The van der Waals surface area contributed by atoms with Gasteiger partial charge in [-0.05, 0) is 45.3 Å². The molecular weight excluding hydrogens is 400 g/mol. The number of carbonyl (C=O) groups excluding carboxylic acids is 2. The minimum absolute atomic E-state index is 0.0128. The maximum atomic E-state index is 13.3. The van der Waals surface area contributed by atoms with Gasteiger partial charge in [0.15, 0.2) is 11.0 Å². The molecule has 1 fully saturated rings. The molecule has 2 aliphatic heterocycles. The fraction of sp³-hybridized carbons (Fsp3) is 0.545. The SMILES string of the molecule is CCOC(=O)C1CCN(C(c2cccc(C)c2)C2Sc3nc(CC)nn3C2=O)CC1. The molecular formula is C22H28N4O3S. The average Bonchev–Trinajstić information content (AvgIpc) is 3.28. The average molecular weight is 429 g/mol. The van der Waals surface area contributed by atoms with Gasteiger partial charge in [-0.25, -0.2) is 4.98 Å². The lowest BCUT2D eigenvalue weighted by Gasteiger charge is -2.39. The van der Waals surface area contributed by atoms with Gasteiger partial charge in [-0.1, -0.05) is 48.5 Å². The second-order valence-corrected chi connectivity index (χ2v) is 8.98. The molecule has 0 N–H and O–H groups in total. The number of nitrogens with zero attached hydrogens (tertiary/aromatic N) is 4. The number of benzene rings is 1. The Hall–Kier alpha value is -2.19. The lowest BCUT2D eigenvalue weighted by molar-refractivity contribution is -0.149. The van der Waals surface area contributed by atoms with Gasteiger partial charge in [0.2, 0.25) is 0 Å². The molecule has 0 radical (unpaired) electrons. The molecule has 1 aromatic carbocycles.